The van der Waals surface area contributed by atoms with Gasteiger partial charge in [0, 0.05) is 12.6 Å². The second kappa shape index (κ2) is 7.09. The summed E-state index contributed by atoms with van der Waals surface area (Å²) >= 11 is 11.6. The van der Waals surface area contributed by atoms with Crippen LogP contribution in [-0.4, -0.2) is 29.5 Å². The van der Waals surface area contributed by atoms with Crippen molar-refractivity contribution in [3.63, 3.8) is 0 Å². The number of methoxy groups -OCH3 is 1. The third-order valence-corrected chi connectivity index (χ3v) is 3.76. The van der Waals surface area contributed by atoms with Crippen molar-refractivity contribution >= 4 is 29.2 Å². The van der Waals surface area contributed by atoms with Crippen LogP contribution < -0.4 is 4.74 Å². The van der Waals surface area contributed by atoms with Crippen LogP contribution in [0.5, 0.6) is 5.75 Å². The third-order valence-electron chi connectivity index (χ3n) is 3.11. The predicted molar refractivity (Wildman–Crippen MR) is 81.1 cm³/mol. The first-order valence-electron chi connectivity index (χ1n) is 6.55. The van der Waals surface area contributed by atoms with E-state index in [9.17, 15) is 22.4 Å². The Kier molecular flexibility index (Phi) is 5.48. The van der Waals surface area contributed by atoms with Gasteiger partial charge in [-0.3, -0.25) is 4.68 Å². The van der Waals surface area contributed by atoms with Crippen LogP contribution in [0.1, 0.15) is 5.69 Å². The van der Waals surface area contributed by atoms with Crippen molar-refractivity contribution in [3.8, 4) is 17.0 Å². The number of carbonyl (C=O) groups excluding carboxylic acids is 1. The molecule has 0 unspecified atom stereocenters. The molecule has 0 spiro atoms. The van der Waals surface area contributed by atoms with Crippen LogP contribution in [0.15, 0.2) is 12.1 Å². The van der Waals surface area contributed by atoms with Gasteiger partial charge in [0.05, 0.1) is 17.2 Å². The summed E-state index contributed by atoms with van der Waals surface area (Å²) in [7, 11) is 2.16. The standard InChI is InChI=1S/C14H10Cl2F4N2O3/c1-22-13(14(18,19)20)11(16)12(21-22)6-3-9(7(15)4-8(6)17)25-5-10(23)24-2/h3-4H,5H2,1-2H3. The average molecular weight is 401 g/mol. The highest BCUT2D eigenvalue weighted by molar-refractivity contribution is 6.34. The van der Waals surface area contributed by atoms with Crippen LogP contribution in [0.2, 0.25) is 10.0 Å². The molecular formula is C14H10Cl2F4N2O3. The molecule has 0 saturated heterocycles. The molecule has 11 heteroatoms. The van der Waals surface area contributed by atoms with Gasteiger partial charge in [0.1, 0.15) is 17.3 Å². The number of ether oxygens (including phenoxy) is 2. The summed E-state index contributed by atoms with van der Waals surface area (Å²) in [5.74, 6) is -1.82. The lowest BCUT2D eigenvalue weighted by Crippen LogP contribution is -2.12. The van der Waals surface area contributed by atoms with E-state index >= 15 is 0 Å². The van der Waals surface area contributed by atoms with E-state index in [0.717, 1.165) is 26.3 Å². The summed E-state index contributed by atoms with van der Waals surface area (Å²) in [6.45, 7) is -0.523. The molecule has 1 heterocycles. The molecule has 1 aromatic carbocycles. The zero-order chi connectivity index (χ0) is 18.9. The van der Waals surface area contributed by atoms with Crippen LogP contribution in [0.3, 0.4) is 0 Å². The fraction of sp³-hybridized carbons (Fsp3) is 0.286. The summed E-state index contributed by atoms with van der Waals surface area (Å²) in [5.41, 5.74) is -2.02. The van der Waals surface area contributed by atoms with Gasteiger partial charge in [-0.2, -0.15) is 18.3 Å². The first-order chi connectivity index (χ1) is 11.6. The number of hydrogen-bond donors (Lipinski definition) is 0. The molecule has 0 fully saturated rings. The largest absolute Gasteiger partial charge is 0.480 e. The molecule has 0 aliphatic heterocycles. The first kappa shape index (κ1) is 19.3. The number of hydrogen-bond acceptors (Lipinski definition) is 4. The average Bonchev–Trinajstić information content (AvgIpc) is 2.80. The fourth-order valence-electron chi connectivity index (χ4n) is 1.99. The molecule has 0 bridgehead atoms. The summed E-state index contributed by atoms with van der Waals surface area (Å²) in [6, 6.07) is 1.83. The highest BCUT2D eigenvalue weighted by atomic mass is 35.5. The van der Waals surface area contributed by atoms with E-state index in [-0.39, 0.29) is 16.3 Å². The Hall–Kier alpha value is -2.00. The number of benzene rings is 1. The van der Waals surface area contributed by atoms with Crippen LogP contribution in [-0.2, 0) is 22.8 Å². The number of alkyl halides is 3. The maximum absolute atomic E-state index is 14.2. The zero-order valence-electron chi connectivity index (χ0n) is 12.7. The molecule has 0 saturated carbocycles. The number of aromatic nitrogens is 2. The molecule has 2 aromatic rings. The van der Waals surface area contributed by atoms with Crippen molar-refractivity contribution in [1.82, 2.24) is 9.78 Å². The smallest absolute Gasteiger partial charge is 0.434 e. The first-order valence-corrected chi connectivity index (χ1v) is 7.30. The van der Waals surface area contributed by atoms with E-state index in [4.69, 9.17) is 27.9 Å². The van der Waals surface area contributed by atoms with Crippen LogP contribution in [0.4, 0.5) is 17.6 Å². The van der Waals surface area contributed by atoms with Crippen molar-refractivity contribution in [3.05, 3.63) is 33.7 Å². The van der Waals surface area contributed by atoms with Gasteiger partial charge in [-0.05, 0) is 12.1 Å². The van der Waals surface area contributed by atoms with Crippen molar-refractivity contribution in [2.45, 2.75) is 6.18 Å². The van der Waals surface area contributed by atoms with Crippen molar-refractivity contribution in [1.29, 1.82) is 0 Å². The maximum atomic E-state index is 14.2. The van der Waals surface area contributed by atoms with E-state index in [0.29, 0.717) is 4.68 Å². The summed E-state index contributed by atoms with van der Waals surface area (Å²) in [4.78, 5) is 11.1. The predicted octanol–water partition coefficient (Wildman–Crippen LogP) is 4.10. The van der Waals surface area contributed by atoms with Gasteiger partial charge in [0.15, 0.2) is 12.3 Å². The van der Waals surface area contributed by atoms with Gasteiger partial charge >= 0.3 is 12.1 Å². The molecule has 0 aliphatic carbocycles. The number of nitrogens with zero attached hydrogens (tertiary/aromatic N) is 2. The van der Waals surface area contributed by atoms with E-state index in [1.807, 2.05) is 0 Å². The van der Waals surface area contributed by atoms with E-state index in [1.165, 1.54) is 0 Å². The molecule has 0 aliphatic rings. The van der Waals surface area contributed by atoms with Crippen LogP contribution in [0.25, 0.3) is 11.3 Å². The Morgan fingerprint density at radius 2 is 1.96 bits per heavy atom. The van der Waals surface area contributed by atoms with Gasteiger partial charge in [0.25, 0.3) is 0 Å². The molecule has 2 rings (SSSR count). The summed E-state index contributed by atoms with van der Waals surface area (Å²) < 4.78 is 63.1. The minimum absolute atomic E-state index is 0.140. The van der Waals surface area contributed by atoms with Crippen molar-refractivity contribution in [2.75, 3.05) is 13.7 Å². The Labute approximate surface area is 149 Å². The SMILES string of the molecule is COC(=O)COc1cc(-c2nn(C)c(C(F)(F)F)c2Cl)c(F)cc1Cl. The summed E-state index contributed by atoms with van der Waals surface area (Å²) in [6.07, 6.45) is -4.77. The van der Waals surface area contributed by atoms with Crippen LogP contribution in [0, 0.1) is 5.82 Å². The Morgan fingerprint density at radius 3 is 2.48 bits per heavy atom. The molecular weight excluding hydrogens is 391 g/mol. The molecule has 136 valence electrons. The van der Waals surface area contributed by atoms with Gasteiger partial charge < -0.3 is 9.47 Å². The minimum Gasteiger partial charge on any atom is -0.480 e. The van der Waals surface area contributed by atoms with E-state index < -0.39 is 41.0 Å². The van der Waals surface area contributed by atoms with Crippen molar-refractivity contribution < 1.29 is 31.8 Å². The number of halogens is 6. The molecule has 1 aromatic heterocycles. The van der Waals surface area contributed by atoms with Gasteiger partial charge in [-0.1, -0.05) is 23.2 Å². The Balaban J connectivity index is 2.51. The number of esters is 1. The Bertz CT molecular complexity index is 821. The van der Waals surface area contributed by atoms with E-state index in [1.54, 1.807) is 0 Å². The molecule has 0 atom stereocenters. The lowest BCUT2D eigenvalue weighted by Gasteiger charge is -2.10. The third kappa shape index (κ3) is 3.98. The van der Waals surface area contributed by atoms with Crippen molar-refractivity contribution in [2.24, 2.45) is 7.05 Å². The van der Waals surface area contributed by atoms with Crippen LogP contribution >= 0.6 is 23.2 Å². The molecule has 0 amide bonds. The van der Waals surface area contributed by atoms with Gasteiger partial charge in [-0.25, -0.2) is 9.18 Å². The molecule has 0 N–H and O–H groups in total. The number of carbonyl (C=O) groups is 1. The second-order valence-electron chi connectivity index (χ2n) is 4.76. The monoisotopic (exact) mass is 400 g/mol. The normalized spacial score (nSPS) is 11.5. The van der Waals surface area contributed by atoms with Gasteiger partial charge in [0.2, 0.25) is 0 Å². The molecule has 5 nitrogen and oxygen atoms in total. The minimum atomic E-state index is -4.77. The quantitative estimate of drug-likeness (QED) is 0.572. The molecule has 25 heavy (non-hydrogen) atoms. The lowest BCUT2D eigenvalue weighted by molar-refractivity contribution is -0.144. The lowest BCUT2D eigenvalue weighted by atomic mass is 10.1. The fourth-order valence-corrected chi connectivity index (χ4v) is 2.57. The number of aryl methyl sites for hydroxylation is 1. The highest BCUT2D eigenvalue weighted by Gasteiger charge is 2.39. The Morgan fingerprint density at radius 1 is 1.32 bits per heavy atom. The second-order valence-corrected chi connectivity index (χ2v) is 5.55. The number of rotatable bonds is 4. The highest BCUT2D eigenvalue weighted by Crippen LogP contribution is 2.41. The molecule has 0 radical (unpaired) electrons. The maximum Gasteiger partial charge on any atom is 0.434 e. The topological polar surface area (TPSA) is 53.4 Å². The zero-order valence-corrected chi connectivity index (χ0v) is 14.3. The van der Waals surface area contributed by atoms with Gasteiger partial charge in [-0.15, -0.1) is 0 Å². The van der Waals surface area contributed by atoms with E-state index in [2.05, 4.69) is 9.84 Å². The summed E-state index contributed by atoms with van der Waals surface area (Å²) in [5, 5.41) is 2.67.